The number of para-hydroxylation sites is 2. The van der Waals surface area contributed by atoms with Crippen LogP contribution in [0.15, 0.2) is 199 Å². The Balaban J connectivity index is 1.13. The molecule has 4 heterocycles. The predicted octanol–water partition coefficient (Wildman–Crippen LogP) is 15.7. The molecule has 5 nitrogen and oxygen atoms in total. The van der Waals surface area contributed by atoms with Gasteiger partial charge in [-0.2, -0.15) is 0 Å². The first-order valence-corrected chi connectivity index (χ1v) is 22.0. The molecule has 63 heavy (non-hydrogen) atoms. The quantitative estimate of drug-likeness (QED) is 0.177. The molecule has 4 aromatic heterocycles. The smallest absolute Gasteiger partial charge is 0.168 e. The van der Waals surface area contributed by atoms with Crippen LogP contribution in [0.1, 0.15) is 0 Å². The van der Waals surface area contributed by atoms with Gasteiger partial charge in [-0.1, -0.05) is 146 Å². The summed E-state index contributed by atoms with van der Waals surface area (Å²) < 4.78 is 12.1. The lowest BCUT2D eigenvalue weighted by Gasteiger charge is -2.17. The van der Waals surface area contributed by atoms with E-state index in [0.717, 1.165) is 76.9 Å². The Bertz CT molecular complexity index is 4230. The van der Waals surface area contributed by atoms with E-state index in [-0.39, 0.29) is 0 Å². The summed E-state index contributed by atoms with van der Waals surface area (Å²) in [6.45, 7) is 0. The van der Waals surface area contributed by atoms with Crippen molar-refractivity contribution in [3.05, 3.63) is 194 Å². The van der Waals surface area contributed by atoms with Gasteiger partial charge in [-0.15, -0.1) is 11.3 Å². The Morgan fingerprint density at radius 1 is 0.397 bits per heavy atom. The van der Waals surface area contributed by atoms with Gasteiger partial charge in [0.25, 0.3) is 0 Å². The van der Waals surface area contributed by atoms with Crippen LogP contribution in [0.5, 0.6) is 0 Å². The lowest BCUT2D eigenvalue weighted by Crippen LogP contribution is -2.03. The molecule has 0 spiro atoms. The second-order valence-corrected chi connectivity index (χ2v) is 17.4. The number of furan rings is 1. The Hall–Kier alpha value is -8.19. The van der Waals surface area contributed by atoms with Crippen molar-refractivity contribution in [3.63, 3.8) is 0 Å². The molecule has 0 unspecified atom stereocenters. The van der Waals surface area contributed by atoms with Crippen LogP contribution in [0.25, 0.3) is 136 Å². The van der Waals surface area contributed by atoms with Crippen LogP contribution < -0.4 is 0 Å². The molecule has 0 saturated heterocycles. The van der Waals surface area contributed by atoms with E-state index in [1.807, 2.05) is 6.07 Å². The molecule has 292 valence electrons. The monoisotopic (exact) mass is 820 g/mol. The van der Waals surface area contributed by atoms with Gasteiger partial charge in [0.15, 0.2) is 17.5 Å². The van der Waals surface area contributed by atoms with E-state index in [1.54, 1.807) is 11.3 Å². The Labute approximate surface area is 363 Å². The lowest BCUT2D eigenvalue weighted by atomic mass is 9.96. The molecule has 0 aliphatic carbocycles. The second kappa shape index (κ2) is 13.2. The van der Waals surface area contributed by atoms with Gasteiger partial charge in [-0.05, 0) is 75.5 Å². The molecule has 0 aliphatic rings. The maximum Gasteiger partial charge on any atom is 0.168 e. The average Bonchev–Trinajstić information content (AvgIpc) is 4.01. The van der Waals surface area contributed by atoms with Gasteiger partial charge >= 0.3 is 0 Å². The molecule has 0 aliphatic heterocycles. The largest absolute Gasteiger partial charge is 0.455 e. The van der Waals surface area contributed by atoms with Crippen molar-refractivity contribution in [3.8, 4) is 39.9 Å². The maximum absolute atomic E-state index is 7.12. The third-order valence-corrected chi connectivity index (χ3v) is 14.0. The summed E-state index contributed by atoms with van der Waals surface area (Å²) in [5.41, 5.74) is 7.57. The second-order valence-electron chi connectivity index (χ2n) is 16.3. The summed E-state index contributed by atoms with van der Waals surface area (Å²) in [5, 5.41) is 13.5. The van der Waals surface area contributed by atoms with Crippen molar-refractivity contribution in [1.82, 2.24) is 19.5 Å². The summed E-state index contributed by atoms with van der Waals surface area (Å²) in [7, 11) is 0. The summed E-state index contributed by atoms with van der Waals surface area (Å²) in [6.07, 6.45) is 0. The number of benzene rings is 10. The van der Waals surface area contributed by atoms with Crippen LogP contribution in [-0.4, -0.2) is 19.5 Å². The molecule has 10 aromatic carbocycles. The van der Waals surface area contributed by atoms with Crippen molar-refractivity contribution in [2.24, 2.45) is 0 Å². The molecular weight excluding hydrogens is 789 g/mol. The summed E-state index contributed by atoms with van der Waals surface area (Å²) in [4.78, 5) is 16.2. The van der Waals surface area contributed by atoms with Gasteiger partial charge in [-0.3, -0.25) is 0 Å². The molecule has 6 heteroatoms. The van der Waals surface area contributed by atoms with E-state index in [9.17, 15) is 0 Å². The Morgan fingerprint density at radius 2 is 1.03 bits per heavy atom. The zero-order valence-corrected chi connectivity index (χ0v) is 34.4. The van der Waals surface area contributed by atoms with Crippen LogP contribution in [-0.2, 0) is 0 Å². The SMILES string of the molecule is c1ccc2cc3c(cc2c1)c1ccccc1n3-c1c2ccccc2c(-c2nc(-c3ccc4sc5ccccc5c4c3)nc(-c3cccc4ccccc34)n2)c2oc3ccccc3c12. The van der Waals surface area contributed by atoms with Gasteiger partial charge in [0.05, 0.1) is 27.7 Å². The highest BCUT2D eigenvalue weighted by molar-refractivity contribution is 7.25. The van der Waals surface area contributed by atoms with Gasteiger partial charge in [0, 0.05) is 52.8 Å². The Morgan fingerprint density at radius 3 is 1.90 bits per heavy atom. The number of hydrogen-bond acceptors (Lipinski definition) is 5. The third-order valence-electron chi connectivity index (χ3n) is 12.8. The molecule has 14 aromatic rings. The Kier molecular flexibility index (Phi) is 7.21. The number of nitrogens with zero attached hydrogens (tertiary/aromatic N) is 4. The minimum absolute atomic E-state index is 0.554. The maximum atomic E-state index is 7.12. The molecule has 0 amide bonds. The summed E-state index contributed by atoms with van der Waals surface area (Å²) >= 11 is 1.81. The molecule has 0 fully saturated rings. The molecule has 0 N–H and O–H groups in total. The highest BCUT2D eigenvalue weighted by Gasteiger charge is 2.27. The van der Waals surface area contributed by atoms with Crippen molar-refractivity contribution in [1.29, 1.82) is 0 Å². The fourth-order valence-corrected chi connectivity index (χ4v) is 11.1. The highest BCUT2D eigenvalue weighted by atomic mass is 32.1. The number of thiophene rings is 1. The number of fused-ring (bicyclic) bond motifs is 12. The zero-order chi connectivity index (χ0) is 41.2. The first kappa shape index (κ1) is 34.5. The van der Waals surface area contributed by atoms with E-state index in [4.69, 9.17) is 19.4 Å². The summed E-state index contributed by atoms with van der Waals surface area (Å²) in [6, 6.07) is 69.0. The van der Waals surface area contributed by atoms with Gasteiger partial charge < -0.3 is 8.98 Å². The first-order valence-electron chi connectivity index (χ1n) is 21.2. The molecule has 0 bridgehead atoms. The van der Waals surface area contributed by atoms with Gasteiger partial charge in [0.1, 0.15) is 11.2 Å². The summed E-state index contributed by atoms with van der Waals surface area (Å²) in [5.74, 6) is 1.76. The first-order chi connectivity index (χ1) is 31.2. The van der Waals surface area contributed by atoms with Gasteiger partial charge in [-0.25, -0.2) is 15.0 Å². The van der Waals surface area contributed by atoms with Crippen molar-refractivity contribution < 1.29 is 4.42 Å². The highest BCUT2D eigenvalue weighted by Crippen LogP contribution is 2.48. The third kappa shape index (κ3) is 5.07. The standard InChI is InChI=1S/C57H32N4OS/c1-2-16-35-32-47-44(30-34(35)15-1)38-19-7-10-25-46(38)61(47)53-41-22-6-5-21-40(41)52(54-51(53)43-23-8-11-26-48(43)62-54)57-59-55(36-28-29-50-45(31-36)39-20-9-12-27-49(39)63-50)58-56(60-57)42-24-13-17-33-14-3-4-18-37(33)42/h1-32H. The van der Waals surface area contributed by atoms with E-state index >= 15 is 0 Å². The van der Waals surface area contributed by atoms with Gasteiger partial charge in [0.2, 0.25) is 0 Å². The van der Waals surface area contributed by atoms with E-state index < -0.39 is 0 Å². The van der Waals surface area contributed by atoms with Crippen molar-refractivity contribution in [2.75, 3.05) is 0 Å². The topological polar surface area (TPSA) is 56.7 Å². The molecule has 0 radical (unpaired) electrons. The number of aromatic nitrogens is 4. The van der Waals surface area contributed by atoms with Crippen LogP contribution in [0.4, 0.5) is 0 Å². The average molecular weight is 821 g/mol. The normalized spacial score (nSPS) is 12.1. The number of rotatable bonds is 4. The fourth-order valence-electron chi connectivity index (χ4n) is 9.99. The van der Waals surface area contributed by atoms with Crippen LogP contribution in [0, 0.1) is 0 Å². The van der Waals surface area contributed by atoms with Crippen molar-refractivity contribution >= 4 is 108 Å². The number of hydrogen-bond donors (Lipinski definition) is 0. The van der Waals surface area contributed by atoms with E-state index in [1.165, 1.54) is 41.7 Å². The molecule has 0 atom stereocenters. The minimum atomic E-state index is 0.554. The lowest BCUT2D eigenvalue weighted by molar-refractivity contribution is 0.670. The molecule has 0 saturated carbocycles. The zero-order valence-electron chi connectivity index (χ0n) is 33.6. The molecular formula is C57H32N4OS. The predicted molar refractivity (Wildman–Crippen MR) is 263 cm³/mol. The van der Waals surface area contributed by atoms with Crippen LogP contribution in [0.2, 0.25) is 0 Å². The fraction of sp³-hybridized carbons (Fsp3) is 0. The van der Waals surface area contributed by atoms with Crippen LogP contribution in [0.3, 0.4) is 0 Å². The van der Waals surface area contributed by atoms with Crippen LogP contribution >= 0.6 is 11.3 Å². The molecule has 14 rings (SSSR count). The van der Waals surface area contributed by atoms with Crippen molar-refractivity contribution in [2.45, 2.75) is 0 Å². The van der Waals surface area contributed by atoms with E-state index in [2.05, 4.69) is 193 Å². The minimum Gasteiger partial charge on any atom is -0.455 e. The van der Waals surface area contributed by atoms with E-state index in [0.29, 0.717) is 17.5 Å².